The first-order chi connectivity index (χ1) is 11.7. The molecule has 3 aromatic heterocycles. The number of benzene rings is 1. The van der Waals surface area contributed by atoms with Gasteiger partial charge >= 0.3 is 0 Å². The number of aryl methyl sites for hydroxylation is 1. The molecule has 1 N–H and O–H groups in total. The molecule has 0 aliphatic carbocycles. The summed E-state index contributed by atoms with van der Waals surface area (Å²) in [7, 11) is 0. The Hall–Kier alpha value is -2.93. The van der Waals surface area contributed by atoms with Crippen LogP contribution in [0.1, 0.15) is 11.3 Å². The largest absolute Gasteiger partial charge is 0.358 e. The summed E-state index contributed by atoms with van der Waals surface area (Å²) in [5.41, 5.74) is 4.05. The molecule has 0 bridgehead atoms. The lowest BCUT2D eigenvalue weighted by molar-refractivity contribution is 0.776. The van der Waals surface area contributed by atoms with Crippen LogP contribution in [0.2, 0.25) is 0 Å². The molecule has 0 saturated carbocycles. The minimum absolute atomic E-state index is 0.426. The maximum Gasteiger partial charge on any atom is 0.209 e. The van der Waals surface area contributed by atoms with E-state index in [1.807, 2.05) is 43.5 Å². The summed E-state index contributed by atoms with van der Waals surface area (Å²) < 4.78 is 1.61. The van der Waals surface area contributed by atoms with Gasteiger partial charge in [-0.1, -0.05) is 18.2 Å². The molecule has 0 amide bonds. The van der Waals surface area contributed by atoms with Crippen molar-refractivity contribution in [3.05, 3.63) is 60.0 Å². The van der Waals surface area contributed by atoms with Gasteiger partial charge in [-0.3, -0.25) is 4.98 Å². The van der Waals surface area contributed by atoms with Crippen LogP contribution in [-0.2, 0) is 0 Å². The number of para-hydroxylation sites is 1. The third kappa shape index (κ3) is 2.48. The number of thiol groups is 1. The molecule has 1 aromatic carbocycles. The lowest BCUT2D eigenvalue weighted by atomic mass is 10.1. The van der Waals surface area contributed by atoms with Crippen molar-refractivity contribution in [1.29, 1.82) is 0 Å². The molecule has 0 spiro atoms. The van der Waals surface area contributed by atoms with E-state index in [4.69, 9.17) is 0 Å². The number of aromatic amines is 1. The van der Waals surface area contributed by atoms with Crippen molar-refractivity contribution in [2.24, 2.45) is 5.10 Å². The first kappa shape index (κ1) is 14.6. The lowest BCUT2D eigenvalue weighted by Crippen LogP contribution is -1.96. The maximum atomic E-state index is 4.55. The average Bonchev–Trinajstić information content (AvgIpc) is 3.13. The van der Waals surface area contributed by atoms with E-state index in [1.54, 1.807) is 17.1 Å². The molecule has 118 valence electrons. The average molecular weight is 334 g/mol. The number of hydrogen-bond acceptors (Lipinski definition) is 5. The van der Waals surface area contributed by atoms with Gasteiger partial charge in [0.05, 0.1) is 6.21 Å². The third-order valence-corrected chi connectivity index (χ3v) is 4.09. The quantitative estimate of drug-likeness (QED) is 0.446. The highest BCUT2D eigenvalue weighted by Crippen LogP contribution is 2.22. The molecule has 0 unspecified atom stereocenters. The van der Waals surface area contributed by atoms with E-state index in [0.717, 1.165) is 27.7 Å². The van der Waals surface area contributed by atoms with E-state index in [1.165, 1.54) is 0 Å². The fourth-order valence-corrected chi connectivity index (χ4v) is 2.83. The second-order valence-corrected chi connectivity index (χ2v) is 5.73. The van der Waals surface area contributed by atoms with Crippen molar-refractivity contribution < 1.29 is 0 Å². The summed E-state index contributed by atoms with van der Waals surface area (Å²) in [5, 5.41) is 14.3. The van der Waals surface area contributed by atoms with Crippen LogP contribution < -0.4 is 0 Å². The van der Waals surface area contributed by atoms with Crippen molar-refractivity contribution in [3.63, 3.8) is 0 Å². The maximum absolute atomic E-state index is 4.55. The van der Waals surface area contributed by atoms with Gasteiger partial charge in [-0.05, 0) is 25.1 Å². The molecule has 4 rings (SSSR count). The number of hydrogen-bond donors (Lipinski definition) is 2. The van der Waals surface area contributed by atoms with Crippen LogP contribution in [0.25, 0.3) is 22.3 Å². The Balaban J connectivity index is 1.80. The minimum atomic E-state index is 0.426. The summed E-state index contributed by atoms with van der Waals surface area (Å²) in [5.74, 6) is 0.621. The van der Waals surface area contributed by atoms with Gasteiger partial charge < -0.3 is 4.98 Å². The van der Waals surface area contributed by atoms with Gasteiger partial charge in [0.15, 0.2) is 5.82 Å². The van der Waals surface area contributed by atoms with Crippen LogP contribution in [0.3, 0.4) is 0 Å². The fourth-order valence-electron chi connectivity index (χ4n) is 2.64. The standard InChI is InChI=1S/C17H14N6S/c1-11-14(13-4-2-3-5-15(13)20-11)10-19-23-16(21-22-17(23)24)12-6-8-18-9-7-12/h2-10,20H,1H3,(H,22,24)/b19-10+. The Morgan fingerprint density at radius 2 is 1.92 bits per heavy atom. The fraction of sp³-hybridized carbons (Fsp3) is 0.0588. The van der Waals surface area contributed by atoms with Gasteiger partial charge in [-0.25, -0.2) is 0 Å². The number of pyridine rings is 1. The van der Waals surface area contributed by atoms with E-state index in [9.17, 15) is 0 Å². The van der Waals surface area contributed by atoms with Crippen LogP contribution in [0.4, 0.5) is 0 Å². The van der Waals surface area contributed by atoms with Crippen molar-refractivity contribution in [2.75, 3.05) is 0 Å². The Morgan fingerprint density at radius 1 is 1.12 bits per heavy atom. The first-order valence-corrected chi connectivity index (χ1v) is 7.85. The number of nitrogens with zero attached hydrogens (tertiary/aromatic N) is 5. The molecular weight excluding hydrogens is 320 g/mol. The topological polar surface area (TPSA) is 71.8 Å². The molecule has 3 heterocycles. The number of aromatic nitrogens is 5. The van der Waals surface area contributed by atoms with E-state index in [2.05, 4.69) is 44.0 Å². The predicted octanol–water partition coefficient (Wildman–Crippen LogP) is 3.30. The van der Waals surface area contributed by atoms with E-state index >= 15 is 0 Å². The molecule has 7 heteroatoms. The highest BCUT2D eigenvalue weighted by atomic mass is 32.1. The van der Waals surface area contributed by atoms with Gasteiger partial charge in [0.1, 0.15) is 0 Å². The van der Waals surface area contributed by atoms with Crippen LogP contribution in [0.15, 0.2) is 59.0 Å². The van der Waals surface area contributed by atoms with Crippen molar-refractivity contribution in [3.8, 4) is 11.4 Å². The highest BCUT2D eigenvalue weighted by Gasteiger charge is 2.11. The third-order valence-electron chi connectivity index (χ3n) is 3.81. The van der Waals surface area contributed by atoms with E-state index in [0.29, 0.717) is 11.0 Å². The van der Waals surface area contributed by atoms with Gasteiger partial charge in [0.25, 0.3) is 0 Å². The van der Waals surface area contributed by atoms with Crippen molar-refractivity contribution in [1.82, 2.24) is 24.8 Å². The second-order valence-electron chi connectivity index (χ2n) is 5.33. The molecule has 4 aromatic rings. The zero-order valence-corrected chi connectivity index (χ0v) is 13.8. The molecule has 6 nitrogen and oxygen atoms in total. The zero-order valence-electron chi connectivity index (χ0n) is 12.9. The summed E-state index contributed by atoms with van der Waals surface area (Å²) in [4.78, 5) is 7.38. The van der Waals surface area contributed by atoms with Gasteiger partial charge in [-0.15, -0.1) is 22.8 Å². The van der Waals surface area contributed by atoms with E-state index < -0.39 is 0 Å². The van der Waals surface area contributed by atoms with Crippen LogP contribution in [0, 0.1) is 6.92 Å². The highest BCUT2D eigenvalue weighted by molar-refractivity contribution is 7.80. The Kier molecular flexibility index (Phi) is 3.62. The summed E-state index contributed by atoms with van der Waals surface area (Å²) in [6, 6.07) is 11.9. The van der Waals surface area contributed by atoms with Crippen molar-refractivity contribution in [2.45, 2.75) is 12.1 Å². The molecule has 0 fully saturated rings. The predicted molar refractivity (Wildman–Crippen MR) is 96.5 cm³/mol. The van der Waals surface area contributed by atoms with Crippen LogP contribution in [0.5, 0.6) is 0 Å². The lowest BCUT2D eigenvalue weighted by Gasteiger charge is -2.01. The molecule has 0 aliphatic rings. The molecule has 0 saturated heterocycles. The van der Waals surface area contributed by atoms with Gasteiger partial charge in [0, 0.05) is 40.1 Å². The summed E-state index contributed by atoms with van der Waals surface area (Å²) in [6.45, 7) is 2.03. The molecule has 24 heavy (non-hydrogen) atoms. The second kappa shape index (κ2) is 5.93. The van der Waals surface area contributed by atoms with Crippen LogP contribution >= 0.6 is 12.6 Å². The monoisotopic (exact) mass is 334 g/mol. The summed E-state index contributed by atoms with van der Waals surface area (Å²) in [6.07, 6.45) is 5.22. The smallest absolute Gasteiger partial charge is 0.209 e. The molecule has 0 radical (unpaired) electrons. The van der Waals surface area contributed by atoms with Crippen LogP contribution in [-0.4, -0.2) is 31.1 Å². The number of rotatable bonds is 3. The Labute approximate surface area is 143 Å². The van der Waals surface area contributed by atoms with Gasteiger partial charge in [-0.2, -0.15) is 9.78 Å². The minimum Gasteiger partial charge on any atom is -0.358 e. The number of nitrogens with one attached hydrogen (secondary N) is 1. The molecular formula is C17H14N6S. The SMILES string of the molecule is Cc1[nH]c2ccccc2c1/C=N/n1c(S)nnc1-c1ccncc1. The van der Waals surface area contributed by atoms with E-state index in [-0.39, 0.29) is 0 Å². The van der Waals surface area contributed by atoms with Gasteiger partial charge in [0.2, 0.25) is 5.16 Å². The first-order valence-electron chi connectivity index (χ1n) is 7.40. The van der Waals surface area contributed by atoms with Crippen molar-refractivity contribution >= 4 is 29.7 Å². The molecule has 0 atom stereocenters. The zero-order chi connectivity index (χ0) is 16.5. The Morgan fingerprint density at radius 3 is 2.75 bits per heavy atom. The Bertz CT molecular complexity index is 1030. The normalized spacial score (nSPS) is 11.6. The number of fused-ring (bicyclic) bond motifs is 1. The molecule has 0 aliphatic heterocycles. The number of H-pyrrole nitrogens is 1. The summed E-state index contributed by atoms with van der Waals surface area (Å²) >= 11 is 4.35.